The van der Waals surface area contributed by atoms with E-state index in [2.05, 4.69) is 20.0 Å². The van der Waals surface area contributed by atoms with Crippen molar-refractivity contribution in [3.05, 3.63) is 36.4 Å². The van der Waals surface area contributed by atoms with E-state index in [1.165, 1.54) is 18.5 Å². The van der Waals surface area contributed by atoms with E-state index in [0.717, 1.165) is 6.54 Å². The summed E-state index contributed by atoms with van der Waals surface area (Å²) in [5, 5.41) is 2.89. The molecule has 0 unspecified atom stereocenters. The van der Waals surface area contributed by atoms with Gasteiger partial charge < -0.3 is 9.73 Å². The Hall–Kier alpha value is -1.93. The van der Waals surface area contributed by atoms with Crippen molar-refractivity contribution in [2.75, 3.05) is 11.3 Å². The molecule has 0 radical (unpaired) electrons. The number of anilines is 1. The van der Waals surface area contributed by atoms with E-state index in [4.69, 9.17) is 4.42 Å². The zero-order valence-corrected chi connectivity index (χ0v) is 11.1. The molecular weight excluding hydrogens is 268 g/mol. The standard InChI is InChI=1S/C11H14N4O3S/c1-2-12-8-9-4-5-10(18-9)19(16,17)15-11-13-6-3-7-14-11/h3-7,12H,2,8H2,1H3,(H,13,14,15). The first-order valence-corrected chi connectivity index (χ1v) is 7.19. The van der Waals surface area contributed by atoms with E-state index in [9.17, 15) is 8.42 Å². The van der Waals surface area contributed by atoms with Crippen molar-refractivity contribution in [1.29, 1.82) is 0 Å². The van der Waals surface area contributed by atoms with E-state index in [1.807, 2.05) is 6.92 Å². The maximum absolute atomic E-state index is 12.0. The summed E-state index contributed by atoms with van der Waals surface area (Å²) in [4.78, 5) is 7.58. The molecule has 0 spiro atoms. The van der Waals surface area contributed by atoms with Crippen LogP contribution in [0.15, 0.2) is 40.1 Å². The van der Waals surface area contributed by atoms with Gasteiger partial charge in [-0.3, -0.25) is 0 Å². The Morgan fingerprint density at radius 3 is 2.68 bits per heavy atom. The minimum atomic E-state index is -3.79. The fraction of sp³-hybridized carbons (Fsp3) is 0.273. The van der Waals surface area contributed by atoms with E-state index in [-0.39, 0.29) is 11.0 Å². The zero-order chi connectivity index (χ0) is 13.7. The number of sulfonamides is 1. The smallest absolute Gasteiger partial charge is 0.297 e. The number of hydrogen-bond acceptors (Lipinski definition) is 6. The highest BCUT2D eigenvalue weighted by molar-refractivity contribution is 7.92. The lowest BCUT2D eigenvalue weighted by Gasteiger charge is -2.03. The molecule has 0 fully saturated rings. The summed E-state index contributed by atoms with van der Waals surface area (Å²) < 4.78 is 31.5. The Kier molecular flexibility index (Phi) is 4.13. The molecule has 102 valence electrons. The number of rotatable bonds is 6. The second-order valence-electron chi connectivity index (χ2n) is 3.68. The minimum Gasteiger partial charge on any atom is -0.446 e. The van der Waals surface area contributed by atoms with Crippen LogP contribution in [0.1, 0.15) is 12.7 Å². The van der Waals surface area contributed by atoms with Gasteiger partial charge in [0.25, 0.3) is 10.0 Å². The zero-order valence-electron chi connectivity index (χ0n) is 10.3. The van der Waals surface area contributed by atoms with Crippen LogP contribution in [0.2, 0.25) is 0 Å². The lowest BCUT2D eigenvalue weighted by molar-refractivity contribution is 0.405. The van der Waals surface area contributed by atoms with Crippen LogP contribution in [0.4, 0.5) is 5.95 Å². The molecule has 2 rings (SSSR count). The van der Waals surface area contributed by atoms with Gasteiger partial charge in [0.15, 0.2) is 0 Å². The predicted octanol–water partition coefficient (Wildman–Crippen LogP) is 0.980. The van der Waals surface area contributed by atoms with E-state index >= 15 is 0 Å². The molecule has 0 aromatic carbocycles. The number of hydrogen-bond donors (Lipinski definition) is 2. The normalized spacial score (nSPS) is 11.4. The molecule has 0 aliphatic carbocycles. The lowest BCUT2D eigenvalue weighted by atomic mass is 10.4. The van der Waals surface area contributed by atoms with Crippen molar-refractivity contribution in [3.8, 4) is 0 Å². The van der Waals surface area contributed by atoms with Crippen LogP contribution in [0.3, 0.4) is 0 Å². The van der Waals surface area contributed by atoms with Crippen LogP contribution in [0, 0.1) is 0 Å². The van der Waals surface area contributed by atoms with Crippen molar-refractivity contribution in [2.24, 2.45) is 0 Å². The fourth-order valence-electron chi connectivity index (χ4n) is 1.37. The Labute approximate surface area is 111 Å². The summed E-state index contributed by atoms with van der Waals surface area (Å²) in [5.41, 5.74) is 0. The molecule has 0 saturated carbocycles. The first-order chi connectivity index (χ1) is 9.12. The van der Waals surface area contributed by atoms with Crippen molar-refractivity contribution in [3.63, 3.8) is 0 Å². The van der Waals surface area contributed by atoms with Gasteiger partial charge in [0.05, 0.1) is 6.54 Å². The largest absolute Gasteiger partial charge is 0.446 e. The van der Waals surface area contributed by atoms with E-state index in [1.54, 1.807) is 12.1 Å². The highest BCUT2D eigenvalue weighted by Gasteiger charge is 2.19. The average Bonchev–Trinajstić information content (AvgIpc) is 2.86. The van der Waals surface area contributed by atoms with Gasteiger partial charge in [-0.15, -0.1) is 0 Å². The maximum Gasteiger partial charge on any atom is 0.297 e. The van der Waals surface area contributed by atoms with Crippen LogP contribution in [-0.2, 0) is 16.6 Å². The van der Waals surface area contributed by atoms with Crippen molar-refractivity contribution in [2.45, 2.75) is 18.6 Å². The van der Waals surface area contributed by atoms with Crippen LogP contribution in [0.25, 0.3) is 0 Å². The molecule has 0 bridgehead atoms. The van der Waals surface area contributed by atoms with Gasteiger partial charge in [0, 0.05) is 12.4 Å². The Morgan fingerprint density at radius 2 is 2.00 bits per heavy atom. The quantitative estimate of drug-likeness (QED) is 0.819. The molecule has 7 nitrogen and oxygen atoms in total. The second-order valence-corrected chi connectivity index (χ2v) is 5.29. The van der Waals surface area contributed by atoms with Crippen LogP contribution in [0.5, 0.6) is 0 Å². The Bertz CT molecular complexity index is 624. The van der Waals surface area contributed by atoms with Gasteiger partial charge in [-0.05, 0) is 24.7 Å². The summed E-state index contributed by atoms with van der Waals surface area (Å²) >= 11 is 0. The van der Waals surface area contributed by atoms with E-state index < -0.39 is 10.0 Å². The molecule has 19 heavy (non-hydrogen) atoms. The highest BCUT2D eigenvalue weighted by atomic mass is 32.2. The third kappa shape index (κ3) is 3.52. The summed E-state index contributed by atoms with van der Waals surface area (Å²) in [7, 11) is -3.79. The monoisotopic (exact) mass is 282 g/mol. The number of nitrogens with zero attached hydrogens (tertiary/aromatic N) is 2. The van der Waals surface area contributed by atoms with Crippen molar-refractivity contribution < 1.29 is 12.8 Å². The average molecular weight is 282 g/mol. The van der Waals surface area contributed by atoms with Crippen molar-refractivity contribution in [1.82, 2.24) is 15.3 Å². The first-order valence-electron chi connectivity index (χ1n) is 5.71. The summed E-state index contributed by atoms with van der Waals surface area (Å²) in [5.74, 6) is 0.559. The van der Waals surface area contributed by atoms with Crippen LogP contribution in [-0.4, -0.2) is 24.9 Å². The molecule has 2 N–H and O–H groups in total. The molecule has 0 aliphatic rings. The summed E-state index contributed by atoms with van der Waals surface area (Å²) in [6.07, 6.45) is 2.90. The highest BCUT2D eigenvalue weighted by Crippen LogP contribution is 2.16. The van der Waals surface area contributed by atoms with Crippen molar-refractivity contribution >= 4 is 16.0 Å². The van der Waals surface area contributed by atoms with Crippen LogP contribution >= 0.6 is 0 Å². The van der Waals surface area contributed by atoms with Gasteiger partial charge in [-0.1, -0.05) is 6.92 Å². The Balaban J connectivity index is 2.13. The maximum atomic E-state index is 12.0. The number of aromatic nitrogens is 2. The topological polar surface area (TPSA) is 97.1 Å². The van der Waals surface area contributed by atoms with E-state index in [0.29, 0.717) is 12.3 Å². The molecule has 2 aromatic rings. The fourth-order valence-corrected chi connectivity index (χ4v) is 2.28. The van der Waals surface area contributed by atoms with Gasteiger partial charge >= 0.3 is 0 Å². The molecule has 0 aliphatic heterocycles. The van der Waals surface area contributed by atoms with Gasteiger partial charge in [0.1, 0.15) is 5.76 Å². The third-order valence-electron chi connectivity index (χ3n) is 2.24. The van der Waals surface area contributed by atoms with Gasteiger partial charge in [0.2, 0.25) is 11.0 Å². The molecule has 8 heteroatoms. The predicted molar refractivity (Wildman–Crippen MR) is 68.9 cm³/mol. The minimum absolute atomic E-state index is 0.00660. The molecular formula is C11H14N4O3S. The molecule has 0 atom stereocenters. The summed E-state index contributed by atoms with van der Waals surface area (Å²) in [6.45, 7) is 3.21. The van der Waals surface area contributed by atoms with Gasteiger partial charge in [-0.25, -0.2) is 14.7 Å². The third-order valence-corrected chi connectivity index (χ3v) is 3.44. The molecule has 2 heterocycles. The molecule has 0 saturated heterocycles. The molecule has 0 amide bonds. The summed E-state index contributed by atoms with van der Waals surface area (Å²) in [6, 6.07) is 4.61. The number of furan rings is 1. The van der Waals surface area contributed by atoms with Gasteiger partial charge in [-0.2, -0.15) is 8.42 Å². The lowest BCUT2D eigenvalue weighted by Crippen LogP contribution is -2.14. The second kappa shape index (κ2) is 5.81. The van der Waals surface area contributed by atoms with Crippen LogP contribution < -0.4 is 10.0 Å². The first kappa shape index (κ1) is 13.5. The Morgan fingerprint density at radius 1 is 1.26 bits per heavy atom. The molecule has 2 aromatic heterocycles. The number of nitrogens with one attached hydrogen (secondary N) is 2. The SMILES string of the molecule is CCNCc1ccc(S(=O)(=O)Nc2ncccn2)o1.